The number of nitrogens with zero attached hydrogens (tertiary/aromatic N) is 1. The predicted octanol–water partition coefficient (Wildman–Crippen LogP) is 1.66. The van der Waals surface area contributed by atoms with Crippen molar-refractivity contribution in [3.05, 3.63) is 29.3 Å². The van der Waals surface area contributed by atoms with Crippen LogP contribution in [0.3, 0.4) is 0 Å². The summed E-state index contributed by atoms with van der Waals surface area (Å²) in [5.74, 6) is 0.792. The minimum absolute atomic E-state index is 0.177. The highest BCUT2D eigenvalue weighted by atomic mass is 35.5. The summed E-state index contributed by atoms with van der Waals surface area (Å²) in [5.41, 5.74) is 0. The van der Waals surface area contributed by atoms with Crippen LogP contribution in [0.25, 0.3) is 0 Å². The molecule has 18 heavy (non-hydrogen) atoms. The topological polar surface area (TPSA) is 41.9 Å². The fourth-order valence-electron chi connectivity index (χ4n) is 1.35. The van der Waals surface area contributed by atoms with Gasteiger partial charge >= 0.3 is 0 Å². The number of ether oxygens (including phenoxy) is 2. The van der Waals surface area contributed by atoms with Gasteiger partial charge in [0.05, 0.1) is 19.8 Å². The van der Waals surface area contributed by atoms with Crippen LogP contribution < -0.4 is 4.74 Å². The molecule has 1 rings (SSSR count). The van der Waals surface area contributed by atoms with Crippen molar-refractivity contribution in [3.8, 4) is 5.75 Å². The van der Waals surface area contributed by atoms with E-state index in [-0.39, 0.29) is 6.61 Å². The minimum atomic E-state index is 0.177. The lowest BCUT2D eigenvalue weighted by Crippen LogP contribution is -2.26. The van der Waals surface area contributed by atoms with Gasteiger partial charge in [-0.15, -0.1) is 0 Å². The van der Waals surface area contributed by atoms with Gasteiger partial charge in [-0.3, -0.25) is 0 Å². The van der Waals surface area contributed by atoms with Crippen molar-refractivity contribution in [2.24, 2.45) is 0 Å². The minimum Gasteiger partial charge on any atom is -0.491 e. The first-order chi connectivity index (χ1) is 8.72. The van der Waals surface area contributed by atoms with E-state index in [0.717, 1.165) is 12.3 Å². The molecule has 4 nitrogen and oxygen atoms in total. The van der Waals surface area contributed by atoms with E-state index >= 15 is 0 Å². The molecular weight excluding hydrogens is 254 g/mol. The maximum Gasteiger partial charge on any atom is 0.119 e. The maximum absolute atomic E-state index is 8.71. The molecule has 0 saturated carbocycles. The molecule has 0 heterocycles. The van der Waals surface area contributed by atoms with Gasteiger partial charge in [0, 0.05) is 18.1 Å². The Morgan fingerprint density at radius 2 is 1.83 bits per heavy atom. The van der Waals surface area contributed by atoms with E-state index in [1.165, 1.54) is 0 Å². The van der Waals surface area contributed by atoms with Gasteiger partial charge < -0.3 is 19.5 Å². The number of likely N-dealkylation sites (N-methyl/N-ethyl adjacent to an activating group) is 1. The molecule has 1 aromatic carbocycles. The van der Waals surface area contributed by atoms with Gasteiger partial charge in [-0.1, -0.05) is 11.6 Å². The summed E-state index contributed by atoms with van der Waals surface area (Å²) < 4.78 is 10.9. The Labute approximate surface area is 113 Å². The molecule has 0 aliphatic rings. The predicted molar refractivity (Wildman–Crippen MR) is 72.3 cm³/mol. The molecule has 102 valence electrons. The second-order valence-electron chi connectivity index (χ2n) is 3.94. The zero-order valence-electron chi connectivity index (χ0n) is 10.6. The molecule has 1 aromatic rings. The standard InChI is InChI=1S/C13H20ClNO3/c1-15(6-8-16)7-9-17-10-11-18-13-4-2-12(14)3-5-13/h2-5,16H,6-11H2,1H3. The summed E-state index contributed by atoms with van der Waals surface area (Å²) in [4.78, 5) is 2.01. The molecule has 0 amide bonds. The normalized spacial score (nSPS) is 10.9. The largest absolute Gasteiger partial charge is 0.491 e. The molecule has 5 heteroatoms. The van der Waals surface area contributed by atoms with E-state index in [4.69, 9.17) is 26.2 Å². The highest BCUT2D eigenvalue weighted by Gasteiger charge is 1.97. The Morgan fingerprint density at radius 3 is 2.50 bits per heavy atom. The van der Waals surface area contributed by atoms with Crippen molar-refractivity contribution >= 4 is 11.6 Å². The molecule has 1 N–H and O–H groups in total. The van der Waals surface area contributed by atoms with Gasteiger partial charge in [0.2, 0.25) is 0 Å². The number of benzene rings is 1. The smallest absolute Gasteiger partial charge is 0.119 e. The van der Waals surface area contributed by atoms with Gasteiger partial charge in [0.1, 0.15) is 12.4 Å². The molecule has 0 aliphatic carbocycles. The van der Waals surface area contributed by atoms with Crippen molar-refractivity contribution in [1.82, 2.24) is 4.90 Å². The molecule has 0 unspecified atom stereocenters. The van der Waals surface area contributed by atoms with E-state index < -0.39 is 0 Å². The lowest BCUT2D eigenvalue weighted by atomic mass is 10.3. The zero-order valence-corrected chi connectivity index (χ0v) is 11.4. The molecule has 0 saturated heterocycles. The lowest BCUT2D eigenvalue weighted by Gasteiger charge is -2.14. The summed E-state index contributed by atoms with van der Waals surface area (Å²) in [7, 11) is 1.95. The highest BCUT2D eigenvalue weighted by Crippen LogP contribution is 2.15. The van der Waals surface area contributed by atoms with E-state index in [2.05, 4.69) is 0 Å². The first kappa shape index (κ1) is 15.2. The first-order valence-corrected chi connectivity index (χ1v) is 6.35. The van der Waals surface area contributed by atoms with E-state index in [9.17, 15) is 0 Å². The Balaban J connectivity index is 2.00. The number of aliphatic hydroxyl groups is 1. The summed E-state index contributed by atoms with van der Waals surface area (Å²) in [5, 5.41) is 9.41. The van der Waals surface area contributed by atoms with Crippen LogP contribution in [-0.4, -0.2) is 56.6 Å². The summed E-state index contributed by atoms with van der Waals surface area (Å²) in [6.45, 7) is 3.36. The van der Waals surface area contributed by atoms with E-state index in [1.54, 1.807) is 12.1 Å². The Kier molecular flexibility index (Phi) is 7.76. The Morgan fingerprint density at radius 1 is 1.11 bits per heavy atom. The quantitative estimate of drug-likeness (QED) is 0.695. The molecule has 0 atom stereocenters. The van der Waals surface area contributed by atoms with Crippen LogP contribution in [0.2, 0.25) is 5.02 Å². The van der Waals surface area contributed by atoms with Crippen LogP contribution >= 0.6 is 11.6 Å². The van der Waals surface area contributed by atoms with Crippen LogP contribution in [-0.2, 0) is 4.74 Å². The maximum atomic E-state index is 8.71. The van der Waals surface area contributed by atoms with Crippen LogP contribution in [0.4, 0.5) is 0 Å². The second kappa shape index (κ2) is 9.16. The molecule has 0 aromatic heterocycles. The summed E-state index contributed by atoms with van der Waals surface area (Å²) in [6.07, 6.45) is 0. The fourth-order valence-corrected chi connectivity index (χ4v) is 1.48. The van der Waals surface area contributed by atoms with E-state index in [1.807, 2.05) is 24.1 Å². The van der Waals surface area contributed by atoms with Crippen LogP contribution in [0, 0.1) is 0 Å². The monoisotopic (exact) mass is 273 g/mol. The molecule has 0 spiro atoms. The average Bonchev–Trinajstić information content (AvgIpc) is 2.36. The van der Waals surface area contributed by atoms with Crippen LogP contribution in [0.5, 0.6) is 5.75 Å². The van der Waals surface area contributed by atoms with Crippen LogP contribution in [0.1, 0.15) is 0 Å². The van der Waals surface area contributed by atoms with Crippen molar-refractivity contribution < 1.29 is 14.6 Å². The third-order valence-corrected chi connectivity index (χ3v) is 2.66. The summed E-state index contributed by atoms with van der Waals surface area (Å²) >= 11 is 5.77. The zero-order chi connectivity index (χ0) is 13.2. The van der Waals surface area contributed by atoms with Crippen molar-refractivity contribution in [3.63, 3.8) is 0 Å². The highest BCUT2D eigenvalue weighted by molar-refractivity contribution is 6.30. The molecular formula is C13H20ClNO3. The third kappa shape index (κ3) is 6.81. The van der Waals surface area contributed by atoms with Gasteiger partial charge in [0.25, 0.3) is 0 Å². The fraction of sp³-hybridized carbons (Fsp3) is 0.538. The number of hydrogen-bond donors (Lipinski definition) is 1. The molecule has 0 fully saturated rings. The Hall–Kier alpha value is -0.810. The van der Waals surface area contributed by atoms with Gasteiger partial charge in [-0.05, 0) is 31.3 Å². The Bertz CT molecular complexity index is 319. The lowest BCUT2D eigenvalue weighted by molar-refractivity contribution is 0.0813. The van der Waals surface area contributed by atoms with Crippen molar-refractivity contribution in [2.45, 2.75) is 0 Å². The van der Waals surface area contributed by atoms with E-state index in [0.29, 0.717) is 31.4 Å². The average molecular weight is 274 g/mol. The SMILES string of the molecule is CN(CCO)CCOCCOc1ccc(Cl)cc1. The van der Waals surface area contributed by atoms with Gasteiger partial charge in [-0.25, -0.2) is 0 Å². The van der Waals surface area contributed by atoms with Gasteiger partial charge in [-0.2, -0.15) is 0 Å². The molecule has 0 aliphatic heterocycles. The molecule has 0 radical (unpaired) electrons. The first-order valence-electron chi connectivity index (χ1n) is 5.98. The number of rotatable bonds is 9. The van der Waals surface area contributed by atoms with Crippen molar-refractivity contribution in [2.75, 3.05) is 46.6 Å². The number of halogens is 1. The summed E-state index contributed by atoms with van der Waals surface area (Å²) in [6, 6.07) is 7.25. The van der Waals surface area contributed by atoms with Crippen LogP contribution in [0.15, 0.2) is 24.3 Å². The molecule has 0 bridgehead atoms. The third-order valence-electron chi connectivity index (χ3n) is 2.41. The number of aliphatic hydroxyl groups excluding tert-OH is 1. The number of hydrogen-bond acceptors (Lipinski definition) is 4. The second-order valence-corrected chi connectivity index (χ2v) is 4.38. The van der Waals surface area contributed by atoms with Gasteiger partial charge in [0.15, 0.2) is 0 Å². The van der Waals surface area contributed by atoms with Crippen molar-refractivity contribution in [1.29, 1.82) is 0 Å².